The molecule has 2 heterocycles. The fourth-order valence-electron chi connectivity index (χ4n) is 2.67. The standard InChI is InChI=1S/C21H18N4O2S/c1-13-3-5-16(6-4-13)20-24-25-21(27-20)17-9-7-15(8-10-17)19(26)23-12-18-11-22-14(2)28-18/h3-11H,12H2,1-2H3,(H,23,26). The molecule has 4 rings (SSSR count). The Morgan fingerprint density at radius 1 is 0.964 bits per heavy atom. The molecular weight excluding hydrogens is 372 g/mol. The van der Waals surface area contributed by atoms with Crippen molar-refractivity contribution in [2.75, 3.05) is 0 Å². The summed E-state index contributed by atoms with van der Waals surface area (Å²) >= 11 is 1.57. The van der Waals surface area contributed by atoms with E-state index in [1.807, 2.05) is 38.1 Å². The molecule has 0 spiro atoms. The first-order valence-electron chi connectivity index (χ1n) is 8.79. The van der Waals surface area contributed by atoms with Gasteiger partial charge in [0.2, 0.25) is 11.8 Å². The molecule has 0 aliphatic heterocycles. The predicted molar refractivity (Wildman–Crippen MR) is 108 cm³/mol. The Bertz CT molecular complexity index is 1100. The third kappa shape index (κ3) is 3.99. The minimum Gasteiger partial charge on any atom is -0.416 e. The largest absolute Gasteiger partial charge is 0.416 e. The summed E-state index contributed by atoms with van der Waals surface area (Å²) in [5.41, 5.74) is 3.38. The Kier molecular flexibility index (Phi) is 4.99. The van der Waals surface area contributed by atoms with E-state index >= 15 is 0 Å². The van der Waals surface area contributed by atoms with Crippen LogP contribution in [0.1, 0.15) is 25.8 Å². The number of nitrogens with zero attached hydrogens (tertiary/aromatic N) is 3. The van der Waals surface area contributed by atoms with Crippen LogP contribution >= 0.6 is 11.3 Å². The average Bonchev–Trinajstić information content (AvgIpc) is 3.36. The van der Waals surface area contributed by atoms with Gasteiger partial charge in [-0.15, -0.1) is 21.5 Å². The van der Waals surface area contributed by atoms with Crippen LogP contribution in [0.4, 0.5) is 0 Å². The number of hydrogen-bond donors (Lipinski definition) is 1. The van der Waals surface area contributed by atoms with E-state index in [0.717, 1.165) is 21.0 Å². The van der Waals surface area contributed by atoms with Crippen molar-refractivity contribution in [1.29, 1.82) is 0 Å². The molecule has 6 nitrogen and oxygen atoms in total. The molecule has 0 aliphatic rings. The zero-order valence-corrected chi connectivity index (χ0v) is 16.3. The van der Waals surface area contributed by atoms with Crippen molar-refractivity contribution in [1.82, 2.24) is 20.5 Å². The number of carbonyl (C=O) groups is 1. The van der Waals surface area contributed by atoms with Crippen LogP contribution in [0.3, 0.4) is 0 Å². The summed E-state index contributed by atoms with van der Waals surface area (Å²) in [5, 5.41) is 12.1. The lowest BCUT2D eigenvalue weighted by molar-refractivity contribution is 0.0951. The molecule has 1 amide bonds. The number of thiazole rings is 1. The predicted octanol–water partition coefficient (Wildman–Crippen LogP) is 4.41. The first kappa shape index (κ1) is 18.1. The van der Waals surface area contributed by atoms with Gasteiger partial charge >= 0.3 is 0 Å². The summed E-state index contributed by atoms with van der Waals surface area (Å²) in [7, 11) is 0. The maximum Gasteiger partial charge on any atom is 0.251 e. The van der Waals surface area contributed by atoms with E-state index in [-0.39, 0.29) is 5.91 Å². The van der Waals surface area contributed by atoms with E-state index in [0.29, 0.717) is 23.9 Å². The van der Waals surface area contributed by atoms with Crippen molar-refractivity contribution < 1.29 is 9.21 Å². The van der Waals surface area contributed by atoms with Crippen LogP contribution in [0.15, 0.2) is 59.1 Å². The van der Waals surface area contributed by atoms with Gasteiger partial charge in [0.25, 0.3) is 5.91 Å². The molecule has 1 N–H and O–H groups in total. The summed E-state index contributed by atoms with van der Waals surface area (Å²) in [6.45, 7) is 4.44. The molecule has 0 atom stereocenters. The second-order valence-electron chi connectivity index (χ2n) is 6.38. The Balaban J connectivity index is 1.44. The molecule has 0 radical (unpaired) electrons. The number of benzene rings is 2. The van der Waals surface area contributed by atoms with Gasteiger partial charge in [-0.3, -0.25) is 4.79 Å². The van der Waals surface area contributed by atoms with E-state index in [9.17, 15) is 4.79 Å². The highest BCUT2D eigenvalue weighted by Gasteiger charge is 2.12. The van der Waals surface area contributed by atoms with Crippen LogP contribution < -0.4 is 5.32 Å². The van der Waals surface area contributed by atoms with Crippen LogP contribution in [0.2, 0.25) is 0 Å². The maximum absolute atomic E-state index is 12.3. The molecule has 2 aromatic heterocycles. The lowest BCUT2D eigenvalue weighted by Gasteiger charge is -2.04. The Morgan fingerprint density at radius 3 is 2.14 bits per heavy atom. The van der Waals surface area contributed by atoms with E-state index in [1.54, 1.807) is 41.8 Å². The topological polar surface area (TPSA) is 80.9 Å². The normalized spacial score (nSPS) is 10.8. The molecule has 0 aliphatic carbocycles. The minimum atomic E-state index is -0.136. The minimum absolute atomic E-state index is 0.136. The Hall–Kier alpha value is -3.32. The van der Waals surface area contributed by atoms with Crippen LogP contribution in [-0.4, -0.2) is 21.1 Å². The van der Waals surface area contributed by atoms with Gasteiger partial charge in [-0.1, -0.05) is 17.7 Å². The smallest absolute Gasteiger partial charge is 0.251 e. The van der Waals surface area contributed by atoms with Crippen molar-refractivity contribution in [3.8, 4) is 22.9 Å². The van der Waals surface area contributed by atoms with E-state index in [4.69, 9.17) is 4.42 Å². The molecule has 0 saturated heterocycles. The van der Waals surface area contributed by atoms with Crippen molar-refractivity contribution in [2.45, 2.75) is 20.4 Å². The van der Waals surface area contributed by atoms with Crippen molar-refractivity contribution in [2.24, 2.45) is 0 Å². The van der Waals surface area contributed by atoms with Crippen molar-refractivity contribution in [3.05, 3.63) is 75.7 Å². The second kappa shape index (κ2) is 7.74. The van der Waals surface area contributed by atoms with Crippen LogP contribution in [-0.2, 0) is 6.54 Å². The third-order valence-electron chi connectivity index (χ3n) is 4.21. The van der Waals surface area contributed by atoms with Crippen molar-refractivity contribution in [3.63, 3.8) is 0 Å². The molecule has 7 heteroatoms. The van der Waals surface area contributed by atoms with Gasteiger partial charge in [0, 0.05) is 27.8 Å². The molecule has 0 fully saturated rings. The van der Waals surface area contributed by atoms with Gasteiger partial charge in [0.05, 0.1) is 11.6 Å². The van der Waals surface area contributed by atoms with Gasteiger partial charge in [-0.05, 0) is 50.2 Å². The van der Waals surface area contributed by atoms with Gasteiger partial charge in [0.15, 0.2) is 0 Å². The van der Waals surface area contributed by atoms with E-state index in [1.165, 1.54) is 5.56 Å². The van der Waals surface area contributed by atoms with Crippen molar-refractivity contribution >= 4 is 17.2 Å². The fraction of sp³-hybridized carbons (Fsp3) is 0.143. The first-order chi connectivity index (χ1) is 13.6. The quantitative estimate of drug-likeness (QED) is 0.546. The molecule has 0 saturated carbocycles. The Labute approximate surface area is 166 Å². The number of carbonyl (C=O) groups excluding carboxylic acids is 1. The monoisotopic (exact) mass is 390 g/mol. The number of rotatable bonds is 5. The molecular formula is C21H18N4O2S. The summed E-state index contributed by atoms with van der Waals surface area (Å²) in [4.78, 5) is 17.5. The second-order valence-corrected chi connectivity index (χ2v) is 7.70. The highest BCUT2D eigenvalue weighted by molar-refractivity contribution is 7.11. The van der Waals surface area contributed by atoms with Gasteiger partial charge in [0.1, 0.15) is 0 Å². The highest BCUT2D eigenvalue weighted by atomic mass is 32.1. The molecule has 0 bridgehead atoms. The lowest BCUT2D eigenvalue weighted by atomic mass is 10.1. The molecule has 28 heavy (non-hydrogen) atoms. The van der Waals surface area contributed by atoms with Crippen LogP contribution in [0.5, 0.6) is 0 Å². The Morgan fingerprint density at radius 2 is 1.57 bits per heavy atom. The zero-order valence-electron chi connectivity index (χ0n) is 15.5. The van der Waals surface area contributed by atoms with Gasteiger partial charge < -0.3 is 9.73 Å². The third-order valence-corrected chi connectivity index (χ3v) is 5.12. The number of aromatic nitrogens is 3. The van der Waals surface area contributed by atoms with Crippen LogP contribution in [0.25, 0.3) is 22.9 Å². The number of nitrogens with one attached hydrogen (secondary N) is 1. The summed E-state index contributed by atoms with van der Waals surface area (Å²) < 4.78 is 5.78. The summed E-state index contributed by atoms with van der Waals surface area (Å²) in [6.07, 6.45) is 1.78. The molecule has 140 valence electrons. The summed E-state index contributed by atoms with van der Waals surface area (Å²) in [5.74, 6) is 0.753. The highest BCUT2D eigenvalue weighted by Crippen LogP contribution is 2.24. The number of aryl methyl sites for hydroxylation is 2. The van der Waals surface area contributed by atoms with E-state index < -0.39 is 0 Å². The number of hydrogen-bond acceptors (Lipinski definition) is 6. The number of amides is 1. The molecule has 4 aromatic rings. The zero-order chi connectivity index (χ0) is 19.5. The molecule has 2 aromatic carbocycles. The fourth-order valence-corrected chi connectivity index (χ4v) is 3.41. The lowest BCUT2D eigenvalue weighted by Crippen LogP contribution is -2.22. The summed E-state index contributed by atoms with van der Waals surface area (Å²) in [6, 6.07) is 15.0. The first-order valence-corrected chi connectivity index (χ1v) is 9.60. The van der Waals surface area contributed by atoms with Crippen LogP contribution in [0, 0.1) is 13.8 Å². The SMILES string of the molecule is Cc1ccc(-c2nnc(-c3ccc(C(=O)NCc4cnc(C)s4)cc3)o2)cc1. The molecule has 0 unspecified atom stereocenters. The average molecular weight is 390 g/mol. The van der Waals surface area contributed by atoms with E-state index in [2.05, 4.69) is 20.5 Å². The maximum atomic E-state index is 12.3. The van der Waals surface area contributed by atoms with Gasteiger partial charge in [-0.2, -0.15) is 0 Å². The van der Waals surface area contributed by atoms with Gasteiger partial charge in [-0.25, -0.2) is 4.98 Å².